The summed E-state index contributed by atoms with van der Waals surface area (Å²) in [6.45, 7) is 8.91. The maximum atomic E-state index is 5.34. The van der Waals surface area contributed by atoms with E-state index in [2.05, 4.69) is 26.1 Å². The first-order valence-electron chi connectivity index (χ1n) is 7.19. The van der Waals surface area contributed by atoms with Gasteiger partial charge in [0.05, 0.1) is 0 Å². The topological polar surface area (TPSA) is 21.3 Å². The van der Waals surface area contributed by atoms with E-state index in [0.717, 1.165) is 18.4 Å². The van der Waals surface area contributed by atoms with E-state index in [-0.39, 0.29) is 5.54 Å². The number of hydrogen-bond acceptors (Lipinski definition) is 2. The number of rotatable bonds is 5. The Bertz CT molecular complexity index is 258. The highest BCUT2D eigenvalue weighted by Crippen LogP contribution is 2.57. The lowest BCUT2D eigenvalue weighted by molar-refractivity contribution is 0.0806. The Morgan fingerprint density at radius 2 is 2.06 bits per heavy atom. The molecule has 0 spiro atoms. The molecule has 0 aliphatic heterocycles. The van der Waals surface area contributed by atoms with Crippen molar-refractivity contribution in [3.05, 3.63) is 0 Å². The number of ether oxygens (including phenoxy) is 1. The number of hydrogen-bond donors (Lipinski definition) is 1. The normalized spacial score (nSPS) is 36.7. The molecule has 2 bridgehead atoms. The average Bonchev–Trinajstić information content (AvgIpc) is 2.83. The minimum atomic E-state index is 0.238. The summed E-state index contributed by atoms with van der Waals surface area (Å²) in [4.78, 5) is 0. The summed E-state index contributed by atoms with van der Waals surface area (Å²) in [5.41, 5.74) is 0.772. The molecule has 0 aromatic rings. The van der Waals surface area contributed by atoms with Crippen LogP contribution in [0.15, 0.2) is 0 Å². The van der Waals surface area contributed by atoms with Crippen LogP contribution in [0.5, 0.6) is 0 Å². The molecule has 17 heavy (non-hydrogen) atoms. The van der Waals surface area contributed by atoms with Crippen LogP contribution in [-0.4, -0.2) is 25.8 Å². The van der Waals surface area contributed by atoms with E-state index in [4.69, 9.17) is 4.74 Å². The van der Waals surface area contributed by atoms with Gasteiger partial charge in [-0.3, -0.25) is 0 Å². The molecule has 0 aromatic carbocycles. The van der Waals surface area contributed by atoms with E-state index < -0.39 is 0 Å². The van der Waals surface area contributed by atoms with Gasteiger partial charge in [-0.1, -0.05) is 6.42 Å². The molecule has 0 heterocycles. The predicted molar refractivity (Wildman–Crippen MR) is 72.1 cm³/mol. The van der Waals surface area contributed by atoms with Crippen molar-refractivity contribution in [3.8, 4) is 0 Å². The van der Waals surface area contributed by atoms with Crippen LogP contribution >= 0.6 is 0 Å². The van der Waals surface area contributed by atoms with Gasteiger partial charge in [0, 0.05) is 25.8 Å². The number of fused-ring (bicyclic) bond motifs is 2. The lowest BCUT2D eigenvalue weighted by Crippen LogP contribution is -2.46. The highest BCUT2D eigenvalue weighted by molar-refractivity contribution is 5.02. The van der Waals surface area contributed by atoms with E-state index in [9.17, 15) is 0 Å². The molecule has 2 aliphatic carbocycles. The molecule has 3 atom stereocenters. The Morgan fingerprint density at radius 1 is 1.29 bits per heavy atom. The Balaban J connectivity index is 1.98. The molecule has 100 valence electrons. The van der Waals surface area contributed by atoms with Crippen LogP contribution in [-0.2, 0) is 4.74 Å². The molecule has 2 saturated carbocycles. The third kappa shape index (κ3) is 3.03. The molecule has 2 fully saturated rings. The van der Waals surface area contributed by atoms with E-state index >= 15 is 0 Å². The van der Waals surface area contributed by atoms with Crippen LogP contribution in [0.4, 0.5) is 0 Å². The zero-order chi connectivity index (χ0) is 12.5. The molecule has 0 aromatic heterocycles. The van der Waals surface area contributed by atoms with Crippen molar-refractivity contribution in [2.75, 3.05) is 20.3 Å². The van der Waals surface area contributed by atoms with Gasteiger partial charge in [0.15, 0.2) is 0 Å². The van der Waals surface area contributed by atoms with Crippen LogP contribution in [0.1, 0.15) is 52.9 Å². The smallest absolute Gasteiger partial charge is 0.0468 e. The van der Waals surface area contributed by atoms with Crippen molar-refractivity contribution in [1.82, 2.24) is 5.32 Å². The summed E-state index contributed by atoms with van der Waals surface area (Å²) >= 11 is 0. The van der Waals surface area contributed by atoms with E-state index in [1.54, 1.807) is 0 Å². The summed E-state index contributed by atoms with van der Waals surface area (Å²) in [5.74, 6) is 1.97. The molecule has 0 radical (unpaired) electrons. The van der Waals surface area contributed by atoms with Crippen molar-refractivity contribution < 1.29 is 4.74 Å². The Kier molecular flexibility index (Phi) is 3.84. The largest absolute Gasteiger partial charge is 0.385 e. The quantitative estimate of drug-likeness (QED) is 0.795. The van der Waals surface area contributed by atoms with Gasteiger partial charge in [-0.25, -0.2) is 0 Å². The van der Waals surface area contributed by atoms with Crippen LogP contribution in [0.3, 0.4) is 0 Å². The summed E-state index contributed by atoms with van der Waals surface area (Å²) in [5, 5.41) is 3.74. The molecule has 0 saturated heterocycles. The third-order valence-corrected chi connectivity index (χ3v) is 4.88. The second-order valence-electron chi connectivity index (χ2n) is 7.29. The van der Waals surface area contributed by atoms with Gasteiger partial charge < -0.3 is 10.1 Å². The third-order valence-electron chi connectivity index (χ3n) is 4.88. The fourth-order valence-corrected chi connectivity index (χ4v) is 3.92. The fraction of sp³-hybridized carbons (Fsp3) is 1.00. The summed E-state index contributed by atoms with van der Waals surface area (Å²) in [6.07, 6.45) is 7.10. The second kappa shape index (κ2) is 4.89. The number of methoxy groups -OCH3 is 1. The summed E-state index contributed by atoms with van der Waals surface area (Å²) < 4.78 is 5.34. The Labute approximate surface area is 107 Å². The SMILES string of the molecule is COCCC1(CNC(C)(C)C)CC2CCC1C2. The summed E-state index contributed by atoms with van der Waals surface area (Å²) in [6, 6.07) is 0. The molecular weight excluding hydrogens is 210 g/mol. The van der Waals surface area contributed by atoms with Crippen molar-refractivity contribution in [3.63, 3.8) is 0 Å². The molecule has 3 unspecified atom stereocenters. The van der Waals surface area contributed by atoms with Crippen LogP contribution in [0.25, 0.3) is 0 Å². The van der Waals surface area contributed by atoms with Gasteiger partial charge in [-0.05, 0) is 63.7 Å². The van der Waals surface area contributed by atoms with Gasteiger partial charge >= 0.3 is 0 Å². The van der Waals surface area contributed by atoms with Crippen molar-refractivity contribution >= 4 is 0 Å². The molecule has 2 heteroatoms. The van der Waals surface area contributed by atoms with Crippen molar-refractivity contribution in [2.24, 2.45) is 17.3 Å². The average molecular weight is 239 g/mol. The van der Waals surface area contributed by atoms with E-state index in [1.165, 1.54) is 38.6 Å². The van der Waals surface area contributed by atoms with Gasteiger partial charge in [0.1, 0.15) is 0 Å². The molecule has 2 aliphatic rings. The van der Waals surface area contributed by atoms with Crippen LogP contribution < -0.4 is 5.32 Å². The minimum Gasteiger partial charge on any atom is -0.385 e. The lowest BCUT2D eigenvalue weighted by atomic mass is 9.70. The first-order valence-corrected chi connectivity index (χ1v) is 7.19. The van der Waals surface area contributed by atoms with E-state index in [0.29, 0.717) is 5.41 Å². The van der Waals surface area contributed by atoms with Crippen molar-refractivity contribution in [1.29, 1.82) is 0 Å². The fourth-order valence-electron chi connectivity index (χ4n) is 3.92. The first-order chi connectivity index (χ1) is 7.95. The lowest BCUT2D eigenvalue weighted by Gasteiger charge is -2.40. The van der Waals surface area contributed by atoms with Crippen LogP contribution in [0, 0.1) is 17.3 Å². The van der Waals surface area contributed by atoms with E-state index in [1.807, 2.05) is 7.11 Å². The molecule has 1 N–H and O–H groups in total. The maximum Gasteiger partial charge on any atom is 0.0468 e. The highest BCUT2D eigenvalue weighted by Gasteiger charge is 2.50. The number of nitrogens with one attached hydrogen (secondary N) is 1. The predicted octanol–water partition coefficient (Wildman–Crippen LogP) is 3.22. The summed E-state index contributed by atoms with van der Waals surface area (Å²) in [7, 11) is 1.83. The first kappa shape index (κ1) is 13.4. The molecular formula is C15H29NO. The van der Waals surface area contributed by atoms with Crippen LogP contribution in [0.2, 0.25) is 0 Å². The molecule has 2 nitrogen and oxygen atoms in total. The zero-order valence-electron chi connectivity index (χ0n) is 12.0. The monoisotopic (exact) mass is 239 g/mol. The standard InChI is InChI=1S/C15H29NO/c1-14(2,3)16-11-15(7-8-17-4)10-12-5-6-13(15)9-12/h12-13,16H,5-11H2,1-4H3. The Morgan fingerprint density at radius 3 is 2.53 bits per heavy atom. The van der Waals surface area contributed by atoms with Gasteiger partial charge in [-0.15, -0.1) is 0 Å². The van der Waals surface area contributed by atoms with Crippen molar-refractivity contribution in [2.45, 2.75) is 58.4 Å². The molecule has 2 rings (SSSR count). The minimum absolute atomic E-state index is 0.238. The zero-order valence-corrected chi connectivity index (χ0v) is 12.0. The highest BCUT2D eigenvalue weighted by atomic mass is 16.5. The van der Waals surface area contributed by atoms with Gasteiger partial charge in [0.2, 0.25) is 0 Å². The van der Waals surface area contributed by atoms with Gasteiger partial charge in [-0.2, -0.15) is 0 Å². The van der Waals surface area contributed by atoms with Gasteiger partial charge in [0.25, 0.3) is 0 Å². The second-order valence-corrected chi connectivity index (χ2v) is 7.29. The maximum absolute atomic E-state index is 5.34. The Hall–Kier alpha value is -0.0800. The molecule has 0 amide bonds.